The van der Waals surface area contributed by atoms with E-state index >= 15 is 0 Å². The summed E-state index contributed by atoms with van der Waals surface area (Å²) in [4.78, 5) is 15.2. The number of hydrogen-bond donors (Lipinski definition) is 2. The zero-order valence-corrected chi connectivity index (χ0v) is 10.5. The van der Waals surface area contributed by atoms with E-state index in [1.807, 2.05) is 11.4 Å². The number of aromatic nitrogens is 1. The fraction of sp³-hybridized carbons (Fsp3) is 0. The zero-order valence-electron chi connectivity index (χ0n) is 8.11. The Kier molecular flexibility index (Phi) is 3.53. The number of hydrogen-bond acceptors (Lipinski definition) is 3. The maximum Gasteiger partial charge on any atom is 0.287 e. The third-order valence-corrected chi connectivity index (χ3v) is 3.42. The van der Waals surface area contributed by atoms with E-state index in [-0.39, 0.29) is 5.91 Å². The third-order valence-electron chi connectivity index (χ3n) is 1.79. The normalized spacial score (nSPS) is 10.8. The van der Waals surface area contributed by atoms with Crippen LogP contribution in [0.15, 0.2) is 39.4 Å². The van der Waals surface area contributed by atoms with E-state index in [4.69, 9.17) is 0 Å². The van der Waals surface area contributed by atoms with Crippen LogP contribution in [0.2, 0.25) is 0 Å². The average molecular weight is 298 g/mol. The molecule has 1 amide bonds. The quantitative estimate of drug-likeness (QED) is 0.664. The van der Waals surface area contributed by atoms with Crippen molar-refractivity contribution in [3.8, 4) is 0 Å². The summed E-state index contributed by atoms with van der Waals surface area (Å²) >= 11 is 4.88. The minimum absolute atomic E-state index is 0.253. The van der Waals surface area contributed by atoms with Gasteiger partial charge in [-0.25, -0.2) is 5.43 Å². The van der Waals surface area contributed by atoms with Gasteiger partial charge in [-0.3, -0.25) is 4.79 Å². The molecule has 0 bridgehead atoms. The van der Waals surface area contributed by atoms with Gasteiger partial charge in [0.15, 0.2) is 0 Å². The monoisotopic (exact) mass is 297 g/mol. The van der Waals surface area contributed by atoms with Gasteiger partial charge < -0.3 is 4.98 Å². The molecule has 0 saturated carbocycles. The first-order valence-corrected chi connectivity index (χ1v) is 6.14. The molecule has 0 aliphatic carbocycles. The lowest BCUT2D eigenvalue weighted by molar-refractivity contribution is 0.0951. The maximum atomic E-state index is 11.4. The van der Waals surface area contributed by atoms with Gasteiger partial charge in [0.2, 0.25) is 0 Å². The minimum atomic E-state index is -0.253. The topological polar surface area (TPSA) is 57.2 Å². The van der Waals surface area contributed by atoms with Crippen molar-refractivity contribution in [2.24, 2.45) is 5.10 Å². The molecule has 0 aromatic carbocycles. The standard InChI is InChI=1S/C10H8BrN3OS/c11-7-4-8(16-6-7)5-13-14-10(15)9-2-1-3-12-9/h1-6,12H,(H,14,15)/b13-5+. The molecule has 0 unspecified atom stereocenters. The Morgan fingerprint density at radius 3 is 3.12 bits per heavy atom. The Balaban J connectivity index is 1.93. The fourth-order valence-electron chi connectivity index (χ4n) is 1.08. The number of aromatic amines is 1. The van der Waals surface area contributed by atoms with Crippen LogP contribution in [0.1, 0.15) is 15.4 Å². The van der Waals surface area contributed by atoms with Gasteiger partial charge in [-0.05, 0) is 34.1 Å². The first kappa shape index (κ1) is 11.1. The summed E-state index contributed by atoms with van der Waals surface area (Å²) in [6.45, 7) is 0. The van der Waals surface area contributed by atoms with E-state index in [0.29, 0.717) is 5.69 Å². The highest BCUT2D eigenvalue weighted by molar-refractivity contribution is 9.10. The third kappa shape index (κ3) is 2.80. The lowest BCUT2D eigenvalue weighted by Gasteiger charge is -1.94. The van der Waals surface area contributed by atoms with Gasteiger partial charge in [0.1, 0.15) is 5.69 Å². The summed E-state index contributed by atoms with van der Waals surface area (Å²) < 4.78 is 1.01. The van der Waals surface area contributed by atoms with Gasteiger partial charge in [0, 0.05) is 20.9 Å². The summed E-state index contributed by atoms with van der Waals surface area (Å²) in [5.41, 5.74) is 2.92. The Hall–Kier alpha value is -1.40. The van der Waals surface area contributed by atoms with Crippen LogP contribution in [0.25, 0.3) is 0 Å². The van der Waals surface area contributed by atoms with E-state index < -0.39 is 0 Å². The van der Waals surface area contributed by atoms with Gasteiger partial charge in [-0.15, -0.1) is 11.3 Å². The van der Waals surface area contributed by atoms with Crippen LogP contribution in [-0.4, -0.2) is 17.1 Å². The molecule has 6 heteroatoms. The number of H-pyrrole nitrogens is 1. The van der Waals surface area contributed by atoms with Crippen molar-refractivity contribution in [2.45, 2.75) is 0 Å². The number of nitrogens with one attached hydrogen (secondary N) is 2. The van der Waals surface area contributed by atoms with E-state index in [1.54, 1.807) is 35.9 Å². The van der Waals surface area contributed by atoms with Gasteiger partial charge in [0.25, 0.3) is 5.91 Å². The molecule has 2 N–H and O–H groups in total. The largest absolute Gasteiger partial charge is 0.357 e. The number of carbonyl (C=O) groups is 1. The first-order valence-electron chi connectivity index (χ1n) is 4.46. The highest BCUT2D eigenvalue weighted by atomic mass is 79.9. The average Bonchev–Trinajstić information content (AvgIpc) is 2.89. The summed E-state index contributed by atoms with van der Waals surface area (Å²) in [5.74, 6) is -0.253. The van der Waals surface area contributed by atoms with E-state index in [1.165, 1.54) is 0 Å². The van der Waals surface area contributed by atoms with Crippen LogP contribution >= 0.6 is 27.3 Å². The Bertz CT molecular complexity index is 504. The van der Waals surface area contributed by atoms with E-state index in [9.17, 15) is 4.79 Å². The highest BCUT2D eigenvalue weighted by Gasteiger charge is 2.02. The van der Waals surface area contributed by atoms with Gasteiger partial charge in [-0.1, -0.05) is 0 Å². The minimum Gasteiger partial charge on any atom is -0.357 e. The molecule has 2 aromatic heterocycles. The molecule has 0 aliphatic rings. The number of nitrogens with zero attached hydrogens (tertiary/aromatic N) is 1. The molecule has 2 heterocycles. The highest BCUT2D eigenvalue weighted by Crippen LogP contribution is 2.17. The summed E-state index contributed by atoms with van der Waals surface area (Å²) in [6, 6.07) is 5.37. The number of hydrazone groups is 1. The van der Waals surface area contributed by atoms with Crippen LogP contribution in [0.5, 0.6) is 0 Å². The van der Waals surface area contributed by atoms with E-state index in [2.05, 4.69) is 31.4 Å². The van der Waals surface area contributed by atoms with Crippen molar-refractivity contribution in [1.29, 1.82) is 0 Å². The van der Waals surface area contributed by atoms with Gasteiger partial charge in [-0.2, -0.15) is 5.10 Å². The van der Waals surface area contributed by atoms with Crippen LogP contribution in [0.3, 0.4) is 0 Å². The SMILES string of the molecule is O=C(N/N=C/c1cc(Br)cs1)c1ccc[nH]1. The predicted molar refractivity (Wildman–Crippen MR) is 67.9 cm³/mol. The number of thiophene rings is 1. The molecule has 82 valence electrons. The lowest BCUT2D eigenvalue weighted by Crippen LogP contribution is -2.17. The number of rotatable bonds is 3. The summed E-state index contributed by atoms with van der Waals surface area (Å²) in [5, 5.41) is 5.81. The molecular formula is C10H8BrN3OS. The molecule has 2 rings (SSSR count). The first-order chi connectivity index (χ1) is 7.75. The van der Waals surface area contributed by atoms with Gasteiger partial charge in [0.05, 0.1) is 6.21 Å². The van der Waals surface area contributed by atoms with Crippen molar-refractivity contribution < 1.29 is 4.79 Å². The van der Waals surface area contributed by atoms with Crippen molar-refractivity contribution >= 4 is 39.4 Å². The summed E-state index contributed by atoms with van der Waals surface area (Å²) in [6.07, 6.45) is 3.30. The maximum absolute atomic E-state index is 11.4. The Morgan fingerprint density at radius 1 is 1.62 bits per heavy atom. The van der Waals surface area contributed by atoms with Gasteiger partial charge >= 0.3 is 0 Å². The molecule has 0 aliphatic heterocycles. The molecule has 0 saturated heterocycles. The smallest absolute Gasteiger partial charge is 0.287 e. The number of amides is 1. The van der Waals surface area contributed by atoms with Crippen LogP contribution in [0.4, 0.5) is 0 Å². The second-order valence-electron chi connectivity index (χ2n) is 2.95. The Labute approximate surface area is 105 Å². The van der Waals surface area contributed by atoms with Crippen LogP contribution in [0, 0.1) is 0 Å². The molecule has 2 aromatic rings. The summed E-state index contributed by atoms with van der Waals surface area (Å²) in [7, 11) is 0. The second-order valence-corrected chi connectivity index (χ2v) is 4.81. The van der Waals surface area contributed by atoms with E-state index in [0.717, 1.165) is 9.35 Å². The fourth-order valence-corrected chi connectivity index (χ4v) is 2.39. The Morgan fingerprint density at radius 2 is 2.50 bits per heavy atom. The molecule has 0 atom stereocenters. The van der Waals surface area contributed by atoms with Crippen LogP contribution < -0.4 is 5.43 Å². The molecule has 0 fully saturated rings. The second kappa shape index (κ2) is 5.09. The molecule has 4 nitrogen and oxygen atoms in total. The van der Waals surface area contributed by atoms with Crippen molar-refractivity contribution in [2.75, 3.05) is 0 Å². The predicted octanol–water partition coefficient (Wildman–Crippen LogP) is 2.60. The molecule has 16 heavy (non-hydrogen) atoms. The molecule has 0 spiro atoms. The zero-order chi connectivity index (χ0) is 11.4. The molecule has 0 radical (unpaired) electrons. The van der Waals surface area contributed by atoms with Crippen molar-refractivity contribution in [3.05, 3.63) is 44.8 Å². The lowest BCUT2D eigenvalue weighted by atomic mass is 10.4. The van der Waals surface area contributed by atoms with Crippen molar-refractivity contribution in [1.82, 2.24) is 10.4 Å². The number of carbonyl (C=O) groups excluding carboxylic acids is 1. The number of halogens is 1. The van der Waals surface area contributed by atoms with Crippen LogP contribution in [-0.2, 0) is 0 Å². The molecular weight excluding hydrogens is 290 g/mol. The van der Waals surface area contributed by atoms with Crippen molar-refractivity contribution in [3.63, 3.8) is 0 Å².